The molecule has 0 aromatic heterocycles. The highest BCUT2D eigenvalue weighted by molar-refractivity contribution is 5.30. The Morgan fingerprint density at radius 3 is 2.58 bits per heavy atom. The normalized spacial score (nSPS) is 32.8. The molecule has 1 aliphatic heterocycles. The van der Waals surface area contributed by atoms with Gasteiger partial charge in [0, 0.05) is 5.92 Å². The molecule has 1 unspecified atom stereocenters. The lowest BCUT2D eigenvalue weighted by atomic mass is 9.69. The largest absolute Gasteiger partial charge is 0.508 e. The number of fused-ring (bicyclic) bond motifs is 2. The highest BCUT2D eigenvalue weighted by atomic mass is 16.5. The molecule has 1 aromatic rings. The van der Waals surface area contributed by atoms with E-state index in [1.165, 1.54) is 17.6 Å². The second kappa shape index (κ2) is 4.38. The second-order valence-corrected chi connectivity index (χ2v) is 6.46. The first kappa shape index (κ1) is 12.7. The first-order chi connectivity index (χ1) is 8.97. The van der Waals surface area contributed by atoms with Crippen LogP contribution in [0.1, 0.15) is 45.3 Å². The minimum Gasteiger partial charge on any atom is -0.508 e. The summed E-state index contributed by atoms with van der Waals surface area (Å²) in [6, 6.07) is 7.47. The van der Waals surface area contributed by atoms with E-state index >= 15 is 0 Å². The molecule has 0 saturated carbocycles. The zero-order chi connectivity index (χ0) is 13.6. The van der Waals surface area contributed by atoms with E-state index in [2.05, 4.69) is 26.8 Å². The maximum absolute atomic E-state index is 9.43. The molecule has 1 aromatic carbocycles. The SMILES string of the molecule is CC1=CC[C@@H]2C[C@@H]1C(c1ccc(O)cc1)OC2(C)C. The molecule has 1 fully saturated rings. The van der Waals surface area contributed by atoms with Gasteiger partial charge in [0.2, 0.25) is 0 Å². The Labute approximate surface area is 115 Å². The van der Waals surface area contributed by atoms with Gasteiger partial charge in [-0.1, -0.05) is 23.8 Å². The highest BCUT2D eigenvalue weighted by Crippen LogP contribution is 2.50. The third kappa shape index (κ3) is 2.18. The Balaban J connectivity index is 1.97. The molecule has 1 N–H and O–H groups in total. The fourth-order valence-corrected chi connectivity index (χ4v) is 3.47. The van der Waals surface area contributed by atoms with Gasteiger partial charge in [-0.3, -0.25) is 0 Å². The van der Waals surface area contributed by atoms with E-state index in [1.807, 2.05) is 12.1 Å². The topological polar surface area (TPSA) is 29.5 Å². The van der Waals surface area contributed by atoms with Crippen molar-refractivity contribution in [1.29, 1.82) is 0 Å². The van der Waals surface area contributed by atoms with Gasteiger partial charge in [-0.25, -0.2) is 0 Å². The van der Waals surface area contributed by atoms with E-state index in [9.17, 15) is 5.11 Å². The Bertz CT molecular complexity index is 498. The molecule has 1 saturated heterocycles. The van der Waals surface area contributed by atoms with Crippen LogP contribution in [0.15, 0.2) is 35.9 Å². The van der Waals surface area contributed by atoms with Crippen molar-refractivity contribution in [3.05, 3.63) is 41.5 Å². The predicted molar refractivity (Wildman–Crippen MR) is 76.0 cm³/mol. The molecule has 2 bridgehead atoms. The fourth-order valence-electron chi connectivity index (χ4n) is 3.47. The lowest BCUT2D eigenvalue weighted by molar-refractivity contribution is -0.166. The molecule has 0 radical (unpaired) electrons. The van der Waals surface area contributed by atoms with Gasteiger partial charge in [0.25, 0.3) is 0 Å². The van der Waals surface area contributed by atoms with E-state index in [4.69, 9.17) is 4.74 Å². The number of hydrogen-bond acceptors (Lipinski definition) is 2. The standard InChI is InChI=1S/C17H22O2/c1-11-4-7-13-10-15(11)16(19-17(13,2)3)12-5-8-14(18)9-6-12/h4-6,8-9,13,15-16,18H,7,10H2,1-3H3/t13-,15+,16?/m1/s1. The van der Waals surface area contributed by atoms with Gasteiger partial charge in [-0.2, -0.15) is 0 Å². The molecule has 1 aliphatic carbocycles. The summed E-state index contributed by atoms with van der Waals surface area (Å²) in [5, 5.41) is 9.43. The molecule has 102 valence electrons. The van der Waals surface area contributed by atoms with Crippen LogP contribution >= 0.6 is 0 Å². The van der Waals surface area contributed by atoms with Crippen molar-refractivity contribution in [2.75, 3.05) is 0 Å². The molecule has 0 amide bonds. The van der Waals surface area contributed by atoms with Crippen LogP contribution in [0.2, 0.25) is 0 Å². The summed E-state index contributed by atoms with van der Waals surface area (Å²) in [5.74, 6) is 1.42. The summed E-state index contributed by atoms with van der Waals surface area (Å²) < 4.78 is 6.41. The van der Waals surface area contributed by atoms with Crippen molar-refractivity contribution in [3.63, 3.8) is 0 Å². The molecule has 2 aliphatic rings. The third-order valence-electron chi connectivity index (χ3n) is 4.85. The summed E-state index contributed by atoms with van der Waals surface area (Å²) in [5.41, 5.74) is 2.55. The predicted octanol–water partition coefficient (Wildman–Crippen LogP) is 4.21. The summed E-state index contributed by atoms with van der Waals surface area (Å²) in [7, 11) is 0. The number of phenols is 1. The van der Waals surface area contributed by atoms with E-state index < -0.39 is 0 Å². The number of rotatable bonds is 1. The molecule has 2 heteroatoms. The molecule has 3 rings (SSSR count). The van der Waals surface area contributed by atoms with Gasteiger partial charge in [0.1, 0.15) is 5.75 Å². The lowest BCUT2D eigenvalue weighted by Gasteiger charge is -2.49. The van der Waals surface area contributed by atoms with Crippen LogP contribution in [0, 0.1) is 11.8 Å². The number of hydrogen-bond donors (Lipinski definition) is 1. The van der Waals surface area contributed by atoms with Gasteiger partial charge < -0.3 is 9.84 Å². The summed E-state index contributed by atoms with van der Waals surface area (Å²) in [6.45, 7) is 6.63. The fraction of sp³-hybridized carbons (Fsp3) is 0.529. The highest BCUT2D eigenvalue weighted by Gasteiger charge is 2.45. The smallest absolute Gasteiger partial charge is 0.115 e. The van der Waals surface area contributed by atoms with Crippen LogP contribution in [-0.2, 0) is 4.74 Å². The number of ether oxygens (including phenoxy) is 1. The van der Waals surface area contributed by atoms with Gasteiger partial charge in [0.15, 0.2) is 0 Å². The Morgan fingerprint density at radius 1 is 1.21 bits per heavy atom. The second-order valence-electron chi connectivity index (χ2n) is 6.46. The molecular weight excluding hydrogens is 236 g/mol. The summed E-state index contributed by atoms with van der Waals surface area (Å²) >= 11 is 0. The van der Waals surface area contributed by atoms with E-state index in [1.54, 1.807) is 12.1 Å². The number of phenolic OH excluding ortho intramolecular Hbond substituents is 1. The first-order valence-corrected chi connectivity index (χ1v) is 7.11. The zero-order valence-electron chi connectivity index (χ0n) is 11.9. The molecule has 3 atom stereocenters. The van der Waals surface area contributed by atoms with Crippen molar-refractivity contribution in [3.8, 4) is 5.75 Å². The first-order valence-electron chi connectivity index (χ1n) is 7.11. The van der Waals surface area contributed by atoms with Crippen molar-refractivity contribution in [2.24, 2.45) is 11.8 Å². The van der Waals surface area contributed by atoms with Gasteiger partial charge in [0.05, 0.1) is 11.7 Å². The van der Waals surface area contributed by atoms with Crippen LogP contribution < -0.4 is 0 Å². The number of allylic oxidation sites excluding steroid dienone is 1. The van der Waals surface area contributed by atoms with Crippen LogP contribution in [-0.4, -0.2) is 10.7 Å². The Kier molecular flexibility index (Phi) is 2.94. The van der Waals surface area contributed by atoms with Crippen molar-refractivity contribution in [1.82, 2.24) is 0 Å². The van der Waals surface area contributed by atoms with Crippen LogP contribution in [0.4, 0.5) is 0 Å². The minimum atomic E-state index is -0.0732. The molecular formula is C17H22O2. The zero-order valence-corrected chi connectivity index (χ0v) is 11.9. The minimum absolute atomic E-state index is 0.0732. The number of aromatic hydroxyl groups is 1. The summed E-state index contributed by atoms with van der Waals surface area (Å²) in [4.78, 5) is 0. The lowest BCUT2D eigenvalue weighted by Crippen LogP contribution is -2.45. The van der Waals surface area contributed by atoms with Crippen LogP contribution in [0.5, 0.6) is 5.75 Å². The third-order valence-corrected chi connectivity index (χ3v) is 4.85. The van der Waals surface area contributed by atoms with Crippen molar-refractivity contribution >= 4 is 0 Å². The molecule has 2 nitrogen and oxygen atoms in total. The van der Waals surface area contributed by atoms with Gasteiger partial charge in [-0.05, 0) is 57.2 Å². The van der Waals surface area contributed by atoms with Crippen LogP contribution in [0.25, 0.3) is 0 Å². The average Bonchev–Trinajstić information content (AvgIpc) is 2.37. The Morgan fingerprint density at radius 2 is 1.89 bits per heavy atom. The maximum atomic E-state index is 9.43. The monoisotopic (exact) mass is 258 g/mol. The Hall–Kier alpha value is -1.28. The molecule has 0 spiro atoms. The number of benzene rings is 1. The molecule has 19 heavy (non-hydrogen) atoms. The van der Waals surface area contributed by atoms with Crippen molar-refractivity contribution < 1.29 is 9.84 Å². The van der Waals surface area contributed by atoms with Gasteiger partial charge >= 0.3 is 0 Å². The van der Waals surface area contributed by atoms with E-state index in [0.29, 0.717) is 17.6 Å². The maximum Gasteiger partial charge on any atom is 0.115 e. The average molecular weight is 258 g/mol. The van der Waals surface area contributed by atoms with Crippen LogP contribution in [0.3, 0.4) is 0 Å². The van der Waals surface area contributed by atoms with Gasteiger partial charge in [-0.15, -0.1) is 0 Å². The molecule has 1 heterocycles. The van der Waals surface area contributed by atoms with E-state index in [-0.39, 0.29) is 11.7 Å². The van der Waals surface area contributed by atoms with E-state index in [0.717, 1.165) is 6.42 Å². The summed E-state index contributed by atoms with van der Waals surface area (Å²) in [6.07, 6.45) is 4.85. The van der Waals surface area contributed by atoms with Crippen molar-refractivity contribution in [2.45, 2.75) is 45.3 Å². The quantitative estimate of drug-likeness (QED) is 0.764.